The number of nitrogens with zero attached hydrogens (tertiary/aromatic N) is 1. The fourth-order valence-electron chi connectivity index (χ4n) is 1.05. The Labute approximate surface area is 90.2 Å². The van der Waals surface area contributed by atoms with E-state index in [9.17, 15) is 5.21 Å². The van der Waals surface area contributed by atoms with Gasteiger partial charge in [0.05, 0.1) is 4.90 Å². The predicted molar refractivity (Wildman–Crippen MR) is 54.2 cm³/mol. The summed E-state index contributed by atoms with van der Waals surface area (Å²) in [6.45, 7) is 0. The average Bonchev–Trinajstić information content (AvgIpc) is 2.19. The van der Waals surface area contributed by atoms with Gasteiger partial charge in [0.1, 0.15) is 0 Å². The van der Waals surface area contributed by atoms with Gasteiger partial charge in [-0.15, -0.1) is 0 Å². The van der Waals surface area contributed by atoms with Gasteiger partial charge in [-0.2, -0.15) is 0 Å². The third-order valence-electron chi connectivity index (χ3n) is 1.71. The Morgan fingerprint density at radius 3 is 2.50 bits per heavy atom. The highest BCUT2D eigenvalue weighted by atomic mass is 35.5. The first-order valence-corrected chi connectivity index (χ1v) is 4.59. The number of benzene rings is 1. The molecule has 0 aromatic heterocycles. The zero-order valence-electron chi connectivity index (χ0n) is 6.91. The molecule has 0 amide bonds. The molecule has 1 aromatic rings. The third-order valence-corrected chi connectivity index (χ3v) is 2.56. The summed E-state index contributed by atoms with van der Waals surface area (Å²) in [7, 11) is 0. The highest BCUT2D eigenvalue weighted by Crippen LogP contribution is 2.30. The molecule has 1 unspecified atom stereocenters. The van der Waals surface area contributed by atoms with Crippen molar-refractivity contribution >= 4 is 34.1 Å². The lowest BCUT2D eigenvalue weighted by Crippen LogP contribution is -2.55. The minimum Gasteiger partial charge on any atom is -0.345 e. The Morgan fingerprint density at radius 2 is 2.00 bits per heavy atom. The van der Waals surface area contributed by atoms with E-state index in [4.69, 9.17) is 23.2 Å². The molecule has 0 bridgehead atoms. The SMILES string of the molecule is [O-][N+]1=C(Cl)C(Cl)(Nc2ccccc2)O1. The maximum absolute atomic E-state index is 10.6. The molecule has 2 rings (SSSR count). The summed E-state index contributed by atoms with van der Waals surface area (Å²) in [6.07, 6.45) is 0. The molecule has 0 radical (unpaired) electrons. The van der Waals surface area contributed by atoms with Crippen LogP contribution in [0.15, 0.2) is 30.3 Å². The lowest BCUT2D eigenvalue weighted by Gasteiger charge is -2.33. The van der Waals surface area contributed by atoms with Gasteiger partial charge in [0.25, 0.3) is 0 Å². The second kappa shape index (κ2) is 3.22. The summed E-state index contributed by atoms with van der Waals surface area (Å²) in [4.78, 5) is 4.76. The van der Waals surface area contributed by atoms with Crippen molar-refractivity contribution in [1.82, 2.24) is 0 Å². The number of halogens is 2. The Balaban J connectivity index is 2.14. The molecule has 14 heavy (non-hydrogen) atoms. The number of anilines is 1. The van der Waals surface area contributed by atoms with Crippen molar-refractivity contribution in [3.63, 3.8) is 0 Å². The molecule has 0 spiro atoms. The van der Waals surface area contributed by atoms with Crippen molar-refractivity contribution in [2.45, 2.75) is 5.18 Å². The predicted octanol–water partition coefficient (Wildman–Crippen LogP) is 2.08. The monoisotopic (exact) mass is 232 g/mol. The molecule has 1 heterocycles. The number of hydrogen-bond donors (Lipinski definition) is 1. The molecular weight excluding hydrogens is 227 g/mol. The molecule has 0 fully saturated rings. The lowest BCUT2D eigenvalue weighted by molar-refractivity contribution is -0.786. The molecular formula is C8H6Cl2N2O2. The molecule has 0 saturated carbocycles. The van der Waals surface area contributed by atoms with Gasteiger partial charge in [-0.1, -0.05) is 29.8 Å². The van der Waals surface area contributed by atoms with Crippen LogP contribution in [-0.4, -0.2) is 15.3 Å². The molecule has 0 aliphatic carbocycles. The van der Waals surface area contributed by atoms with Crippen molar-refractivity contribution in [3.05, 3.63) is 35.5 Å². The van der Waals surface area contributed by atoms with Crippen LogP contribution in [0.5, 0.6) is 0 Å². The molecule has 74 valence electrons. The van der Waals surface area contributed by atoms with E-state index in [1.807, 2.05) is 18.2 Å². The molecule has 1 N–H and O–H groups in total. The Morgan fingerprint density at radius 1 is 1.36 bits per heavy atom. The van der Waals surface area contributed by atoms with Crippen molar-refractivity contribution < 1.29 is 9.74 Å². The van der Waals surface area contributed by atoms with E-state index in [1.54, 1.807) is 12.1 Å². The van der Waals surface area contributed by atoms with Crippen molar-refractivity contribution in [2.75, 3.05) is 5.32 Å². The van der Waals surface area contributed by atoms with Gasteiger partial charge in [0, 0.05) is 5.69 Å². The van der Waals surface area contributed by atoms with Crippen LogP contribution in [0.2, 0.25) is 0 Å². The highest BCUT2D eigenvalue weighted by molar-refractivity contribution is 6.71. The summed E-state index contributed by atoms with van der Waals surface area (Å²) in [6, 6.07) is 9.07. The maximum atomic E-state index is 10.6. The summed E-state index contributed by atoms with van der Waals surface area (Å²) < 4.78 is 0. The van der Waals surface area contributed by atoms with E-state index in [2.05, 4.69) is 10.2 Å². The van der Waals surface area contributed by atoms with Crippen LogP contribution >= 0.6 is 23.2 Å². The van der Waals surface area contributed by atoms with Gasteiger partial charge in [-0.05, 0) is 23.7 Å². The second-order valence-electron chi connectivity index (χ2n) is 2.73. The number of nitrogens with one attached hydrogen (secondary N) is 1. The molecule has 0 saturated heterocycles. The van der Waals surface area contributed by atoms with Crippen molar-refractivity contribution in [2.24, 2.45) is 0 Å². The van der Waals surface area contributed by atoms with Gasteiger partial charge in [0.15, 0.2) is 0 Å². The van der Waals surface area contributed by atoms with Crippen LogP contribution in [-0.2, 0) is 4.84 Å². The van der Waals surface area contributed by atoms with Crippen LogP contribution in [0, 0.1) is 5.21 Å². The standard InChI is InChI=1S/C8H6Cl2N2O2/c9-7-8(10,14-12(7)13)11-6-4-2-1-3-5-6/h1-5,11H. The van der Waals surface area contributed by atoms with E-state index in [-0.39, 0.29) is 10.1 Å². The average molecular weight is 233 g/mol. The van der Waals surface area contributed by atoms with E-state index in [0.29, 0.717) is 5.69 Å². The smallest absolute Gasteiger partial charge is 0.345 e. The molecule has 1 atom stereocenters. The number of rotatable bonds is 2. The number of hydrogen-bond acceptors (Lipinski definition) is 3. The first-order valence-electron chi connectivity index (χ1n) is 3.83. The van der Waals surface area contributed by atoms with Gasteiger partial charge < -0.3 is 10.2 Å². The Hall–Kier alpha value is -1.13. The van der Waals surface area contributed by atoms with E-state index in [1.165, 1.54) is 0 Å². The maximum Gasteiger partial charge on any atom is 0.370 e. The summed E-state index contributed by atoms with van der Waals surface area (Å²) in [5.41, 5.74) is 0.716. The third kappa shape index (κ3) is 1.47. The summed E-state index contributed by atoms with van der Waals surface area (Å²) >= 11 is 11.4. The first kappa shape index (κ1) is 9.43. The highest BCUT2D eigenvalue weighted by Gasteiger charge is 2.50. The van der Waals surface area contributed by atoms with Gasteiger partial charge in [-0.3, -0.25) is 5.21 Å². The molecule has 6 heteroatoms. The van der Waals surface area contributed by atoms with E-state index in [0.717, 1.165) is 0 Å². The van der Waals surface area contributed by atoms with Crippen LogP contribution < -0.4 is 5.32 Å². The molecule has 1 aliphatic rings. The molecule has 4 nitrogen and oxygen atoms in total. The zero-order chi connectivity index (χ0) is 10.2. The summed E-state index contributed by atoms with van der Waals surface area (Å²) in [5.74, 6) is 0. The topological polar surface area (TPSA) is 47.3 Å². The fraction of sp³-hybridized carbons (Fsp3) is 0.125. The van der Waals surface area contributed by atoms with Gasteiger partial charge >= 0.3 is 10.4 Å². The van der Waals surface area contributed by atoms with Crippen LogP contribution in [0.4, 0.5) is 5.69 Å². The number of para-hydroxylation sites is 1. The van der Waals surface area contributed by atoms with Gasteiger partial charge in [0.2, 0.25) is 0 Å². The Bertz CT molecular complexity index is 382. The fourth-order valence-corrected chi connectivity index (χ4v) is 1.41. The second-order valence-corrected chi connectivity index (χ2v) is 3.62. The largest absolute Gasteiger partial charge is 0.370 e. The van der Waals surface area contributed by atoms with Crippen molar-refractivity contribution in [3.8, 4) is 0 Å². The van der Waals surface area contributed by atoms with E-state index < -0.39 is 5.18 Å². The van der Waals surface area contributed by atoms with Crippen LogP contribution in [0.3, 0.4) is 0 Å². The summed E-state index contributed by atoms with van der Waals surface area (Å²) in [5, 5.41) is 11.8. The number of alkyl halides is 1. The minimum atomic E-state index is -1.43. The zero-order valence-corrected chi connectivity index (χ0v) is 8.42. The van der Waals surface area contributed by atoms with Gasteiger partial charge in [-0.25, -0.2) is 0 Å². The van der Waals surface area contributed by atoms with Crippen LogP contribution in [0.1, 0.15) is 0 Å². The minimum absolute atomic E-state index is 0.136. The quantitative estimate of drug-likeness (QED) is 0.483. The van der Waals surface area contributed by atoms with E-state index >= 15 is 0 Å². The first-order chi connectivity index (χ1) is 6.62. The Kier molecular flexibility index (Phi) is 2.17. The lowest BCUT2D eigenvalue weighted by atomic mass is 10.3. The van der Waals surface area contributed by atoms with Crippen molar-refractivity contribution in [1.29, 1.82) is 0 Å². The normalized spacial score (nSPS) is 25.3. The van der Waals surface area contributed by atoms with Crippen LogP contribution in [0.25, 0.3) is 0 Å². The molecule has 1 aliphatic heterocycles. The molecule has 1 aromatic carbocycles.